The van der Waals surface area contributed by atoms with Gasteiger partial charge in [-0.05, 0) is 67.6 Å². The molecule has 4 rings (SSSR count). The second-order valence-electron chi connectivity index (χ2n) is 9.73. The van der Waals surface area contributed by atoms with Crippen molar-refractivity contribution in [3.63, 3.8) is 0 Å². The zero-order valence-corrected chi connectivity index (χ0v) is 21.9. The minimum absolute atomic E-state index is 0.166. The minimum atomic E-state index is -2.29. The van der Waals surface area contributed by atoms with Crippen molar-refractivity contribution in [3.8, 4) is 10.4 Å². The number of anilines is 2. The number of rotatable bonds is 5. The molecule has 0 radical (unpaired) electrons. The third-order valence-electron chi connectivity index (χ3n) is 5.86. The van der Waals surface area contributed by atoms with Gasteiger partial charge >= 0.3 is 6.09 Å². The first-order chi connectivity index (χ1) is 16.4. The van der Waals surface area contributed by atoms with Crippen LogP contribution in [0.15, 0.2) is 60.0 Å². The van der Waals surface area contributed by atoms with Crippen LogP contribution in [-0.2, 0) is 4.52 Å². The van der Waals surface area contributed by atoms with Crippen molar-refractivity contribution in [1.29, 1.82) is 0 Å². The number of carbonyl (C=O) groups excluding carboxylic acids is 1. The molecule has 1 aliphatic rings. The maximum Gasteiger partial charge on any atom is 0.412 e. The molecule has 9 heteroatoms. The Balaban J connectivity index is 1.64. The summed E-state index contributed by atoms with van der Waals surface area (Å²) < 4.78 is 5.78. The maximum atomic E-state index is 13.2. The summed E-state index contributed by atoms with van der Waals surface area (Å²) in [5.41, 5.74) is 2.36. The molecule has 184 valence electrons. The summed E-state index contributed by atoms with van der Waals surface area (Å²) in [4.78, 5) is 37.8. The number of carbonyl (C=O) groups is 2. The van der Waals surface area contributed by atoms with Crippen molar-refractivity contribution >= 4 is 42.4 Å². The molecule has 1 aliphatic heterocycles. The molecular formula is C26H30N2O5PS+. The van der Waals surface area contributed by atoms with Crippen LogP contribution < -0.4 is 10.2 Å². The topological polar surface area (TPSA) is 99.1 Å². The minimum Gasteiger partial charge on any atom is -0.465 e. The van der Waals surface area contributed by atoms with E-state index < -0.39 is 19.3 Å². The Morgan fingerprint density at radius 3 is 2.40 bits per heavy atom. The van der Waals surface area contributed by atoms with Gasteiger partial charge < -0.3 is 10.4 Å². The standard InChI is InChI=1S/C26H29N2O5PS/c1-26(2,3)28(25(30)31)21-12-11-19(23-6-5-15-35-23)16-20(21)27-24(29)18-9-7-17(8-10-18)22-13-14-34(4,32)33-22/h5-12,15-16,22,32H,13-14H2,1-4H3,(H-,27,29,30,31)/p+1. The third-order valence-corrected chi connectivity index (χ3v) is 8.57. The number of thiophene rings is 1. The van der Waals surface area contributed by atoms with Crippen molar-refractivity contribution in [1.82, 2.24) is 0 Å². The molecule has 3 N–H and O–H groups in total. The fourth-order valence-corrected chi connectivity index (χ4v) is 6.50. The van der Waals surface area contributed by atoms with Crippen LogP contribution in [0.1, 0.15) is 49.2 Å². The third kappa shape index (κ3) is 5.73. The molecule has 35 heavy (non-hydrogen) atoms. The summed E-state index contributed by atoms with van der Waals surface area (Å²) in [6.45, 7) is 7.19. The Kier molecular flexibility index (Phi) is 7.02. The quantitative estimate of drug-likeness (QED) is 0.323. The van der Waals surface area contributed by atoms with E-state index in [0.717, 1.165) is 22.4 Å². The van der Waals surface area contributed by atoms with Crippen molar-refractivity contribution in [3.05, 3.63) is 71.1 Å². The summed E-state index contributed by atoms with van der Waals surface area (Å²) >= 11 is 1.57. The van der Waals surface area contributed by atoms with E-state index in [9.17, 15) is 19.6 Å². The number of amides is 2. The van der Waals surface area contributed by atoms with E-state index in [2.05, 4.69) is 5.32 Å². The first kappa shape index (κ1) is 25.3. The molecule has 1 fully saturated rings. The Labute approximate surface area is 209 Å². The van der Waals surface area contributed by atoms with Gasteiger partial charge in [0.1, 0.15) is 18.9 Å². The number of nitrogens with one attached hydrogen (secondary N) is 1. The largest absolute Gasteiger partial charge is 0.465 e. The van der Waals surface area contributed by atoms with Gasteiger partial charge in [-0.2, -0.15) is 4.52 Å². The van der Waals surface area contributed by atoms with E-state index in [4.69, 9.17) is 4.52 Å². The predicted octanol–water partition coefficient (Wildman–Crippen LogP) is 6.88. The average Bonchev–Trinajstić information content (AvgIpc) is 3.43. The van der Waals surface area contributed by atoms with Gasteiger partial charge in [0.15, 0.2) is 0 Å². The first-order valence-electron chi connectivity index (χ1n) is 11.3. The number of hydrogen-bond donors (Lipinski definition) is 3. The molecular weight excluding hydrogens is 483 g/mol. The number of hydrogen-bond acceptors (Lipinski definition) is 5. The number of nitrogens with zero attached hydrogens (tertiary/aromatic N) is 1. The molecule has 1 aromatic heterocycles. The van der Waals surface area contributed by atoms with Crippen LogP contribution in [0, 0.1) is 0 Å². The number of carboxylic acid groups (broad SMARTS) is 1. The Bertz CT molecular complexity index is 1220. The molecule has 2 heterocycles. The summed E-state index contributed by atoms with van der Waals surface area (Å²) in [5.74, 6) is -0.341. The molecule has 0 aliphatic carbocycles. The molecule has 0 spiro atoms. The highest BCUT2D eigenvalue weighted by atomic mass is 32.1. The Morgan fingerprint density at radius 2 is 1.86 bits per heavy atom. The predicted molar refractivity (Wildman–Crippen MR) is 143 cm³/mol. The van der Waals surface area contributed by atoms with E-state index in [0.29, 0.717) is 23.1 Å². The van der Waals surface area contributed by atoms with Crippen molar-refractivity contribution in [2.75, 3.05) is 23.0 Å². The highest BCUT2D eigenvalue weighted by Crippen LogP contribution is 2.62. The van der Waals surface area contributed by atoms with Crippen LogP contribution in [0.25, 0.3) is 10.4 Å². The molecule has 1 saturated heterocycles. The molecule has 3 aromatic rings. The van der Waals surface area contributed by atoms with Gasteiger partial charge in [-0.1, -0.05) is 24.3 Å². The molecule has 2 aromatic carbocycles. The van der Waals surface area contributed by atoms with E-state index in [1.165, 1.54) is 4.90 Å². The Morgan fingerprint density at radius 1 is 1.14 bits per heavy atom. The van der Waals surface area contributed by atoms with Gasteiger partial charge in [-0.25, -0.2) is 9.69 Å². The molecule has 0 bridgehead atoms. The lowest BCUT2D eigenvalue weighted by molar-refractivity contribution is 0.102. The fourth-order valence-electron chi connectivity index (χ4n) is 4.19. The summed E-state index contributed by atoms with van der Waals surface area (Å²) in [6, 6.07) is 16.5. The second-order valence-corrected chi connectivity index (χ2v) is 13.4. The fraction of sp³-hybridized carbons (Fsp3) is 0.308. The van der Waals surface area contributed by atoms with E-state index >= 15 is 0 Å². The Hall–Kier alpha value is -2.77. The van der Waals surface area contributed by atoms with Gasteiger partial charge in [-0.15, -0.1) is 11.3 Å². The van der Waals surface area contributed by atoms with Crippen LogP contribution in [-0.4, -0.2) is 40.4 Å². The van der Waals surface area contributed by atoms with Crippen LogP contribution in [0.2, 0.25) is 0 Å². The monoisotopic (exact) mass is 513 g/mol. The number of benzene rings is 2. The zero-order valence-electron chi connectivity index (χ0n) is 20.2. The van der Waals surface area contributed by atoms with E-state index in [1.54, 1.807) is 36.2 Å². The second kappa shape index (κ2) is 9.70. The van der Waals surface area contributed by atoms with E-state index in [1.807, 2.05) is 62.5 Å². The average molecular weight is 514 g/mol. The molecule has 0 saturated carbocycles. The van der Waals surface area contributed by atoms with Crippen LogP contribution in [0.5, 0.6) is 0 Å². The zero-order chi connectivity index (χ0) is 25.4. The van der Waals surface area contributed by atoms with Crippen molar-refractivity contribution in [2.45, 2.75) is 38.8 Å². The van der Waals surface area contributed by atoms with Gasteiger partial charge in [0, 0.05) is 22.4 Å². The lowest BCUT2D eigenvalue weighted by Gasteiger charge is -2.34. The summed E-state index contributed by atoms with van der Waals surface area (Å²) in [5, 5.41) is 14.9. The van der Waals surface area contributed by atoms with Gasteiger partial charge in [0.25, 0.3) is 13.6 Å². The molecule has 2 amide bonds. The highest BCUT2D eigenvalue weighted by Gasteiger charge is 2.43. The lowest BCUT2D eigenvalue weighted by atomic mass is 10.0. The first-order valence-corrected chi connectivity index (χ1v) is 14.5. The van der Waals surface area contributed by atoms with E-state index in [-0.39, 0.29) is 12.0 Å². The summed E-state index contributed by atoms with van der Waals surface area (Å²) in [6.07, 6.45) is 0.150. The normalized spacial score (nSPS) is 20.0. The van der Waals surface area contributed by atoms with Crippen molar-refractivity contribution < 1.29 is 24.1 Å². The SMILES string of the molecule is CC(C)(C)N(C(=O)O)c1ccc(-c2cccs2)cc1NC(=O)c1ccc(C2CC[P+](C)(O)O2)cc1. The van der Waals surface area contributed by atoms with Gasteiger partial charge in [0.05, 0.1) is 11.4 Å². The highest BCUT2D eigenvalue weighted by molar-refractivity contribution is 7.65. The molecule has 2 atom stereocenters. The van der Waals surface area contributed by atoms with Crippen LogP contribution in [0.4, 0.5) is 16.2 Å². The molecule has 7 nitrogen and oxygen atoms in total. The smallest absolute Gasteiger partial charge is 0.412 e. The lowest BCUT2D eigenvalue weighted by Crippen LogP contribution is -2.45. The van der Waals surface area contributed by atoms with Crippen LogP contribution in [0.3, 0.4) is 0 Å². The maximum absolute atomic E-state index is 13.2. The van der Waals surface area contributed by atoms with Gasteiger partial charge in [-0.3, -0.25) is 9.69 Å². The van der Waals surface area contributed by atoms with Crippen molar-refractivity contribution in [2.24, 2.45) is 0 Å². The van der Waals surface area contributed by atoms with Gasteiger partial charge in [0.2, 0.25) is 0 Å². The molecule has 2 unspecified atom stereocenters. The summed E-state index contributed by atoms with van der Waals surface area (Å²) in [7, 11) is -2.29. The van der Waals surface area contributed by atoms with Crippen LogP contribution >= 0.6 is 19.1 Å².